The molecule has 0 saturated heterocycles. The number of benzene rings is 1. The van der Waals surface area contributed by atoms with Gasteiger partial charge in [0.1, 0.15) is 6.07 Å². The molecule has 0 saturated carbocycles. The normalized spacial score (nSPS) is 9.62. The summed E-state index contributed by atoms with van der Waals surface area (Å²) in [7, 11) is 0. The Bertz CT molecular complexity index is 454. The van der Waals surface area contributed by atoms with Crippen LogP contribution in [0.1, 0.15) is 28.4 Å². The number of carbonyl (C=O) groups excluding carboxylic acids is 1. The lowest BCUT2D eigenvalue weighted by atomic mass is 10.1. The van der Waals surface area contributed by atoms with E-state index in [1.54, 1.807) is 19.1 Å². The molecule has 0 bridgehead atoms. The van der Waals surface area contributed by atoms with Crippen molar-refractivity contribution in [3.05, 3.63) is 33.3 Å². The summed E-state index contributed by atoms with van der Waals surface area (Å²) in [6, 6.07) is 5.26. The number of alkyl halides is 1. The first-order chi connectivity index (χ1) is 7.65. The van der Waals surface area contributed by atoms with Gasteiger partial charge in [-0.05, 0) is 34.5 Å². The molecule has 0 aromatic heterocycles. The Labute approximate surface area is 107 Å². The topological polar surface area (TPSA) is 50.1 Å². The average Bonchev–Trinajstić information content (AvgIpc) is 2.28. The van der Waals surface area contributed by atoms with Crippen LogP contribution >= 0.6 is 27.5 Å². The number of ether oxygens (including phenoxy) is 1. The van der Waals surface area contributed by atoms with Gasteiger partial charge in [0.05, 0.1) is 22.2 Å². The number of nitrogens with zero attached hydrogens (tertiary/aromatic N) is 1. The Kier molecular flexibility index (Phi) is 4.78. The molecule has 0 amide bonds. The first-order valence-electron chi connectivity index (χ1n) is 4.60. The third kappa shape index (κ3) is 2.55. The molecule has 0 aliphatic heterocycles. The molecule has 0 aliphatic rings. The standard InChI is InChI=1S/C11H9BrClNO2/c1-2-16-11(15)9-7(5-13)3-4-8(6-14)10(9)12/h3-4H,2,5H2,1H3. The minimum Gasteiger partial charge on any atom is -0.462 e. The summed E-state index contributed by atoms with van der Waals surface area (Å²) in [6.45, 7) is 2.00. The number of rotatable bonds is 3. The molecule has 5 heteroatoms. The van der Waals surface area contributed by atoms with E-state index in [-0.39, 0.29) is 12.5 Å². The van der Waals surface area contributed by atoms with Crippen LogP contribution in [0.15, 0.2) is 16.6 Å². The summed E-state index contributed by atoms with van der Waals surface area (Å²) < 4.78 is 5.35. The molecule has 0 atom stereocenters. The first-order valence-corrected chi connectivity index (χ1v) is 5.93. The highest BCUT2D eigenvalue weighted by molar-refractivity contribution is 9.10. The third-order valence-corrected chi connectivity index (χ3v) is 3.08. The summed E-state index contributed by atoms with van der Waals surface area (Å²) in [4.78, 5) is 11.7. The summed E-state index contributed by atoms with van der Waals surface area (Å²) in [5.41, 5.74) is 1.36. The van der Waals surface area contributed by atoms with Crippen LogP contribution in [0.25, 0.3) is 0 Å². The number of halogens is 2. The van der Waals surface area contributed by atoms with Crippen LogP contribution in [0.2, 0.25) is 0 Å². The molecule has 3 nitrogen and oxygen atoms in total. The van der Waals surface area contributed by atoms with E-state index >= 15 is 0 Å². The van der Waals surface area contributed by atoms with Crippen LogP contribution in [0, 0.1) is 11.3 Å². The third-order valence-electron chi connectivity index (χ3n) is 1.97. The lowest BCUT2D eigenvalue weighted by Crippen LogP contribution is -2.09. The molecule has 0 fully saturated rings. The van der Waals surface area contributed by atoms with Crippen molar-refractivity contribution in [1.82, 2.24) is 0 Å². The highest BCUT2D eigenvalue weighted by Crippen LogP contribution is 2.26. The highest BCUT2D eigenvalue weighted by atomic mass is 79.9. The highest BCUT2D eigenvalue weighted by Gasteiger charge is 2.18. The molecule has 0 aliphatic carbocycles. The first kappa shape index (κ1) is 13.0. The molecule has 1 rings (SSSR count). The van der Waals surface area contributed by atoms with Gasteiger partial charge < -0.3 is 4.74 Å². The van der Waals surface area contributed by atoms with Gasteiger partial charge in [0.15, 0.2) is 0 Å². The molecular formula is C11H9BrClNO2. The van der Waals surface area contributed by atoms with Crippen molar-refractivity contribution in [3.8, 4) is 6.07 Å². The van der Waals surface area contributed by atoms with Crippen LogP contribution in [-0.2, 0) is 10.6 Å². The number of hydrogen-bond donors (Lipinski definition) is 0. The number of esters is 1. The van der Waals surface area contributed by atoms with E-state index in [1.807, 2.05) is 6.07 Å². The number of nitriles is 1. The van der Waals surface area contributed by atoms with Crippen molar-refractivity contribution < 1.29 is 9.53 Å². The minimum atomic E-state index is -0.470. The number of hydrogen-bond acceptors (Lipinski definition) is 3. The molecule has 84 valence electrons. The second kappa shape index (κ2) is 5.88. The number of carbonyl (C=O) groups is 1. The van der Waals surface area contributed by atoms with E-state index in [0.717, 1.165) is 0 Å². The fourth-order valence-corrected chi connectivity index (χ4v) is 2.10. The van der Waals surface area contributed by atoms with Gasteiger partial charge >= 0.3 is 5.97 Å². The Morgan fingerprint density at radius 2 is 2.31 bits per heavy atom. The molecule has 1 aromatic rings. The van der Waals surface area contributed by atoms with Gasteiger partial charge in [0.2, 0.25) is 0 Å². The predicted molar refractivity (Wildman–Crippen MR) is 64.4 cm³/mol. The summed E-state index contributed by atoms with van der Waals surface area (Å²) >= 11 is 8.95. The average molecular weight is 303 g/mol. The SMILES string of the molecule is CCOC(=O)c1c(CCl)ccc(C#N)c1Br. The molecule has 16 heavy (non-hydrogen) atoms. The van der Waals surface area contributed by atoms with Crippen LogP contribution in [0.4, 0.5) is 0 Å². The molecule has 0 spiro atoms. The Hall–Kier alpha value is -1.05. The fourth-order valence-electron chi connectivity index (χ4n) is 1.24. The second-order valence-electron chi connectivity index (χ2n) is 2.93. The van der Waals surface area contributed by atoms with Gasteiger partial charge in [0, 0.05) is 5.88 Å². The van der Waals surface area contributed by atoms with Gasteiger partial charge in [-0.15, -0.1) is 11.6 Å². The smallest absolute Gasteiger partial charge is 0.339 e. The Morgan fingerprint density at radius 1 is 1.62 bits per heavy atom. The van der Waals surface area contributed by atoms with Crippen LogP contribution in [0.3, 0.4) is 0 Å². The van der Waals surface area contributed by atoms with Crippen LogP contribution in [0.5, 0.6) is 0 Å². The largest absolute Gasteiger partial charge is 0.462 e. The minimum absolute atomic E-state index is 0.193. The summed E-state index contributed by atoms with van der Waals surface area (Å²) in [6.07, 6.45) is 0. The zero-order valence-electron chi connectivity index (χ0n) is 8.59. The van der Waals surface area contributed by atoms with Gasteiger partial charge in [-0.2, -0.15) is 5.26 Å². The lowest BCUT2D eigenvalue weighted by molar-refractivity contribution is 0.0524. The molecular weight excluding hydrogens is 293 g/mol. The van der Waals surface area contributed by atoms with Crippen molar-refractivity contribution in [1.29, 1.82) is 5.26 Å². The van der Waals surface area contributed by atoms with Crippen molar-refractivity contribution in [2.75, 3.05) is 6.61 Å². The zero-order chi connectivity index (χ0) is 12.1. The lowest BCUT2D eigenvalue weighted by Gasteiger charge is -2.09. The summed E-state index contributed by atoms with van der Waals surface area (Å²) in [5, 5.41) is 8.85. The van der Waals surface area contributed by atoms with E-state index in [0.29, 0.717) is 21.2 Å². The Balaban J connectivity index is 3.33. The van der Waals surface area contributed by atoms with Gasteiger partial charge in [-0.1, -0.05) is 6.07 Å². The van der Waals surface area contributed by atoms with Gasteiger partial charge in [-0.3, -0.25) is 0 Å². The van der Waals surface area contributed by atoms with Crippen LogP contribution < -0.4 is 0 Å². The second-order valence-corrected chi connectivity index (χ2v) is 3.99. The zero-order valence-corrected chi connectivity index (χ0v) is 10.9. The molecule has 0 radical (unpaired) electrons. The monoisotopic (exact) mass is 301 g/mol. The maximum atomic E-state index is 11.7. The van der Waals surface area contributed by atoms with Crippen LogP contribution in [-0.4, -0.2) is 12.6 Å². The predicted octanol–water partition coefficient (Wildman–Crippen LogP) is 3.24. The molecule has 0 N–H and O–H groups in total. The quantitative estimate of drug-likeness (QED) is 0.636. The van der Waals surface area contributed by atoms with E-state index in [2.05, 4.69) is 15.9 Å². The van der Waals surface area contributed by atoms with E-state index in [1.165, 1.54) is 0 Å². The van der Waals surface area contributed by atoms with Crippen molar-refractivity contribution in [2.24, 2.45) is 0 Å². The Morgan fingerprint density at radius 3 is 2.81 bits per heavy atom. The van der Waals surface area contributed by atoms with Gasteiger partial charge in [0.25, 0.3) is 0 Å². The van der Waals surface area contributed by atoms with Gasteiger partial charge in [-0.25, -0.2) is 4.79 Å². The van der Waals surface area contributed by atoms with Crippen molar-refractivity contribution in [3.63, 3.8) is 0 Å². The van der Waals surface area contributed by atoms with Crippen molar-refractivity contribution in [2.45, 2.75) is 12.8 Å². The summed E-state index contributed by atoms with van der Waals surface area (Å²) in [5.74, 6) is -0.277. The molecule has 0 heterocycles. The maximum Gasteiger partial charge on any atom is 0.339 e. The van der Waals surface area contributed by atoms with E-state index in [4.69, 9.17) is 21.6 Å². The van der Waals surface area contributed by atoms with E-state index < -0.39 is 5.97 Å². The van der Waals surface area contributed by atoms with E-state index in [9.17, 15) is 4.79 Å². The fraction of sp³-hybridized carbons (Fsp3) is 0.273. The molecule has 1 aromatic carbocycles. The van der Waals surface area contributed by atoms with Crippen molar-refractivity contribution >= 4 is 33.5 Å². The maximum absolute atomic E-state index is 11.7. The molecule has 0 unspecified atom stereocenters.